The molecule has 2 nitrogen and oxygen atoms in total. The van der Waals surface area contributed by atoms with E-state index in [0.717, 1.165) is 15.2 Å². The monoisotopic (exact) mass is 229 g/mol. The Morgan fingerprint density at radius 3 is 3.00 bits per heavy atom. The van der Waals surface area contributed by atoms with Crippen LogP contribution in [0.4, 0.5) is 0 Å². The summed E-state index contributed by atoms with van der Waals surface area (Å²) in [6, 6.07) is 3.74. The molecule has 2 aromatic heterocycles. The van der Waals surface area contributed by atoms with E-state index in [2.05, 4.69) is 20.9 Å². The van der Waals surface area contributed by atoms with Gasteiger partial charge in [-0.2, -0.15) is 0 Å². The van der Waals surface area contributed by atoms with Gasteiger partial charge in [-0.3, -0.25) is 0 Å². The molecular formula is C7H4BrNOS. The highest BCUT2D eigenvalue weighted by Gasteiger charge is 2.07. The van der Waals surface area contributed by atoms with Gasteiger partial charge in [0.2, 0.25) is 0 Å². The highest BCUT2D eigenvalue weighted by Crippen LogP contribution is 2.29. The summed E-state index contributed by atoms with van der Waals surface area (Å²) in [5, 5.41) is 0. The molecule has 0 aromatic carbocycles. The van der Waals surface area contributed by atoms with Crippen LogP contribution in [0.2, 0.25) is 0 Å². The number of furan rings is 1. The Bertz CT molecular complexity index is 341. The predicted molar refractivity (Wildman–Crippen MR) is 47.5 cm³/mol. The number of halogens is 1. The molecule has 0 atom stereocenters. The molecule has 0 fully saturated rings. The van der Waals surface area contributed by atoms with E-state index in [1.165, 1.54) is 0 Å². The summed E-state index contributed by atoms with van der Waals surface area (Å²) in [6.07, 6.45) is 1.64. The Morgan fingerprint density at radius 2 is 2.45 bits per heavy atom. The molecule has 0 saturated heterocycles. The third-order valence-corrected chi connectivity index (χ3v) is 2.83. The summed E-state index contributed by atoms with van der Waals surface area (Å²) in [6.45, 7) is 0. The molecule has 2 aromatic rings. The molecule has 0 radical (unpaired) electrons. The Morgan fingerprint density at radius 1 is 1.55 bits per heavy atom. The molecule has 0 aliphatic carbocycles. The maximum Gasteiger partial charge on any atom is 0.154 e. The van der Waals surface area contributed by atoms with Crippen molar-refractivity contribution in [3.8, 4) is 11.5 Å². The first-order chi connectivity index (χ1) is 5.38. The lowest BCUT2D eigenvalue weighted by Crippen LogP contribution is -1.70. The van der Waals surface area contributed by atoms with E-state index in [0.29, 0.717) is 0 Å². The largest absolute Gasteiger partial charge is 0.463 e. The van der Waals surface area contributed by atoms with E-state index < -0.39 is 0 Å². The molecule has 0 amide bonds. The van der Waals surface area contributed by atoms with Crippen molar-refractivity contribution in [3.63, 3.8) is 0 Å². The van der Waals surface area contributed by atoms with Crippen molar-refractivity contribution in [2.24, 2.45) is 0 Å². The molecule has 0 saturated carbocycles. The van der Waals surface area contributed by atoms with Gasteiger partial charge in [-0.25, -0.2) is 4.98 Å². The Labute approximate surface area is 76.0 Å². The highest BCUT2D eigenvalue weighted by atomic mass is 79.9. The third-order valence-electron chi connectivity index (χ3n) is 1.28. The van der Waals surface area contributed by atoms with Crippen LogP contribution < -0.4 is 0 Å². The third kappa shape index (κ3) is 1.23. The topological polar surface area (TPSA) is 26.0 Å². The molecule has 0 unspecified atom stereocenters. The van der Waals surface area contributed by atoms with Gasteiger partial charge in [0.05, 0.1) is 11.8 Å². The minimum atomic E-state index is 0.804. The normalized spacial score (nSPS) is 10.3. The molecule has 56 valence electrons. The Kier molecular flexibility index (Phi) is 1.79. The van der Waals surface area contributed by atoms with Crippen molar-refractivity contribution < 1.29 is 4.42 Å². The molecule has 0 spiro atoms. The maximum absolute atomic E-state index is 5.17. The smallest absolute Gasteiger partial charge is 0.154 e. The van der Waals surface area contributed by atoms with Gasteiger partial charge >= 0.3 is 0 Å². The molecule has 0 aliphatic heterocycles. The minimum absolute atomic E-state index is 0.804. The molecular weight excluding hydrogens is 226 g/mol. The lowest BCUT2D eigenvalue weighted by molar-refractivity contribution is 0.580. The number of hydrogen-bond donors (Lipinski definition) is 0. The van der Waals surface area contributed by atoms with Crippen molar-refractivity contribution in [3.05, 3.63) is 27.7 Å². The fourth-order valence-corrected chi connectivity index (χ4v) is 1.87. The summed E-state index contributed by atoms with van der Waals surface area (Å²) in [5.74, 6) is 0.804. The SMILES string of the molecule is Brc1scnc1-c1ccco1. The highest BCUT2D eigenvalue weighted by molar-refractivity contribution is 9.11. The first-order valence-corrected chi connectivity index (χ1v) is 4.68. The summed E-state index contributed by atoms with van der Waals surface area (Å²) in [4.78, 5) is 4.14. The fourth-order valence-electron chi connectivity index (χ4n) is 0.806. The Balaban J connectivity index is 2.53. The van der Waals surface area contributed by atoms with E-state index in [9.17, 15) is 0 Å². The molecule has 11 heavy (non-hydrogen) atoms. The zero-order valence-electron chi connectivity index (χ0n) is 5.45. The number of hydrogen-bond acceptors (Lipinski definition) is 3. The quantitative estimate of drug-likeness (QED) is 0.751. The summed E-state index contributed by atoms with van der Waals surface area (Å²) in [7, 11) is 0. The van der Waals surface area contributed by atoms with Gasteiger partial charge in [-0.1, -0.05) is 0 Å². The average Bonchev–Trinajstić information content (AvgIpc) is 2.55. The van der Waals surface area contributed by atoms with Gasteiger partial charge in [-0.15, -0.1) is 11.3 Å². The first-order valence-electron chi connectivity index (χ1n) is 3.01. The van der Waals surface area contributed by atoms with Crippen molar-refractivity contribution >= 4 is 27.3 Å². The maximum atomic E-state index is 5.17. The minimum Gasteiger partial charge on any atom is -0.463 e. The van der Waals surface area contributed by atoms with Gasteiger partial charge in [0.25, 0.3) is 0 Å². The Hall–Kier alpha value is -0.610. The lowest BCUT2D eigenvalue weighted by atomic mass is 10.4. The van der Waals surface area contributed by atoms with Crippen LogP contribution in [0.1, 0.15) is 0 Å². The lowest BCUT2D eigenvalue weighted by Gasteiger charge is -1.88. The molecule has 2 rings (SSSR count). The molecule has 0 N–H and O–H groups in total. The van der Waals surface area contributed by atoms with E-state index in [-0.39, 0.29) is 0 Å². The standard InChI is InChI=1S/C7H4BrNOS/c8-7-6(9-4-11-7)5-2-1-3-10-5/h1-4H. The number of nitrogens with zero attached hydrogens (tertiary/aromatic N) is 1. The number of rotatable bonds is 1. The molecule has 2 heterocycles. The number of aromatic nitrogens is 1. The molecule has 4 heteroatoms. The van der Waals surface area contributed by atoms with Crippen LogP contribution in [-0.4, -0.2) is 4.98 Å². The number of thiazole rings is 1. The van der Waals surface area contributed by atoms with Crippen molar-refractivity contribution in [1.29, 1.82) is 0 Å². The predicted octanol–water partition coefficient (Wildman–Crippen LogP) is 3.17. The first kappa shape index (κ1) is 7.06. The second kappa shape index (κ2) is 2.79. The second-order valence-electron chi connectivity index (χ2n) is 1.95. The van der Waals surface area contributed by atoms with E-state index >= 15 is 0 Å². The summed E-state index contributed by atoms with van der Waals surface area (Å²) < 4.78 is 6.18. The summed E-state index contributed by atoms with van der Waals surface area (Å²) >= 11 is 4.93. The average molecular weight is 230 g/mol. The van der Waals surface area contributed by atoms with E-state index in [1.807, 2.05) is 12.1 Å². The molecule has 0 aliphatic rings. The fraction of sp³-hybridized carbons (Fsp3) is 0. The van der Waals surface area contributed by atoms with Crippen LogP contribution in [0, 0.1) is 0 Å². The van der Waals surface area contributed by atoms with E-state index in [4.69, 9.17) is 4.42 Å². The van der Waals surface area contributed by atoms with Crippen molar-refractivity contribution in [2.45, 2.75) is 0 Å². The van der Waals surface area contributed by atoms with Gasteiger partial charge < -0.3 is 4.42 Å². The van der Waals surface area contributed by atoms with Gasteiger partial charge in [0, 0.05) is 0 Å². The van der Waals surface area contributed by atoms with Gasteiger partial charge in [0.1, 0.15) is 9.48 Å². The zero-order valence-corrected chi connectivity index (χ0v) is 7.85. The van der Waals surface area contributed by atoms with Crippen LogP contribution in [0.3, 0.4) is 0 Å². The van der Waals surface area contributed by atoms with Crippen LogP contribution in [-0.2, 0) is 0 Å². The van der Waals surface area contributed by atoms with E-state index in [1.54, 1.807) is 23.1 Å². The molecule has 0 bridgehead atoms. The van der Waals surface area contributed by atoms with Gasteiger partial charge in [0.15, 0.2) is 5.76 Å². The van der Waals surface area contributed by atoms with Crippen LogP contribution >= 0.6 is 27.3 Å². The zero-order chi connectivity index (χ0) is 7.68. The van der Waals surface area contributed by atoms with Gasteiger partial charge in [-0.05, 0) is 28.1 Å². The van der Waals surface area contributed by atoms with Crippen LogP contribution in [0.25, 0.3) is 11.5 Å². The summed E-state index contributed by atoms with van der Waals surface area (Å²) in [5.41, 5.74) is 2.65. The second-order valence-corrected chi connectivity index (χ2v) is 4.12. The van der Waals surface area contributed by atoms with Crippen molar-refractivity contribution in [1.82, 2.24) is 4.98 Å². The van der Waals surface area contributed by atoms with Crippen LogP contribution in [0.15, 0.2) is 32.1 Å². The van der Waals surface area contributed by atoms with Crippen LogP contribution in [0.5, 0.6) is 0 Å². The van der Waals surface area contributed by atoms with Crippen molar-refractivity contribution in [2.75, 3.05) is 0 Å².